The van der Waals surface area contributed by atoms with Gasteiger partial charge in [0.25, 0.3) is 5.91 Å². The summed E-state index contributed by atoms with van der Waals surface area (Å²) in [7, 11) is -3.93. The number of carbonyl (C=O) groups is 2. The van der Waals surface area contributed by atoms with Gasteiger partial charge in [-0.15, -0.1) is 0 Å². The summed E-state index contributed by atoms with van der Waals surface area (Å²) in [5.74, 6) is -0.665. The van der Waals surface area contributed by atoms with Crippen LogP contribution in [0.5, 0.6) is 0 Å². The molecule has 0 aromatic heterocycles. The lowest BCUT2D eigenvalue weighted by atomic mass is 10.0. The van der Waals surface area contributed by atoms with Crippen molar-refractivity contribution in [3.63, 3.8) is 0 Å². The van der Waals surface area contributed by atoms with E-state index in [1.807, 2.05) is 60.7 Å². The molecule has 0 radical (unpaired) electrons. The minimum Gasteiger partial charge on any atom is -0.330 e. The van der Waals surface area contributed by atoms with Gasteiger partial charge in [0.1, 0.15) is 0 Å². The summed E-state index contributed by atoms with van der Waals surface area (Å²) in [6, 6.07) is 29.7. The topological polar surface area (TPSA) is 71.5 Å². The lowest BCUT2D eigenvalue weighted by molar-refractivity contribution is 0.0729. The van der Waals surface area contributed by atoms with E-state index in [4.69, 9.17) is 0 Å². The van der Waals surface area contributed by atoms with Crippen LogP contribution in [0.15, 0.2) is 113 Å². The first-order valence-electron chi connectivity index (χ1n) is 10.8. The van der Waals surface area contributed by atoms with Crippen LogP contribution in [0.2, 0.25) is 0 Å². The van der Waals surface area contributed by atoms with Gasteiger partial charge in [-0.3, -0.25) is 9.59 Å². The van der Waals surface area contributed by atoms with E-state index in [1.165, 1.54) is 30.3 Å². The Hall–Kier alpha value is -4.03. The quantitative estimate of drug-likeness (QED) is 0.368. The Balaban J connectivity index is 1.54. The van der Waals surface area contributed by atoms with Crippen molar-refractivity contribution in [2.24, 2.45) is 0 Å². The zero-order chi connectivity index (χ0) is 23.7. The predicted molar refractivity (Wildman–Crippen MR) is 128 cm³/mol. The number of ketones is 1. The molecule has 0 bridgehead atoms. The number of hydrogen-bond acceptors (Lipinski definition) is 4. The van der Waals surface area contributed by atoms with Crippen LogP contribution in [0.25, 0.3) is 0 Å². The van der Waals surface area contributed by atoms with Gasteiger partial charge >= 0.3 is 0 Å². The molecule has 1 amide bonds. The van der Waals surface area contributed by atoms with Gasteiger partial charge in [-0.1, -0.05) is 72.8 Å². The fraction of sp³-hybridized carbons (Fsp3) is 0.0714. The van der Waals surface area contributed by atoms with Crippen LogP contribution in [0.4, 0.5) is 0 Å². The third kappa shape index (κ3) is 3.93. The second kappa shape index (κ2) is 8.72. The van der Waals surface area contributed by atoms with Gasteiger partial charge in [0, 0.05) is 29.8 Å². The molecule has 1 aliphatic rings. The van der Waals surface area contributed by atoms with Crippen molar-refractivity contribution in [1.82, 2.24) is 4.90 Å². The van der Waals surface area contributed by atoms with E-state index in [0.717, 1.165) is 11.1 Å². The normalized spacial score (nSPS) is 13.6. The SMILES string of the molecule is O=C1c2ccccc2S(=O)(=O)c2cc(C(=O)N(Cc3ccccc3)Cc3ccccc3)ccc21. The molecule has 0 N–H and O–H groups in total. The highest BCUT2D eigenvalue weighted by Crippen LogP contribution is 2.35. The molecule has 0 fully saturated rings. The first kappa shape index (κ1) is 21.8. The fourth-order valence-electron chi connectivity index (χ4n) is 4.21. The van der Waals surface area contributed by atoms with E-state index < -0.39 is 9.84 Å². The van der Waals surface area contributed by atoms with Crippen molar-refractivity contribution in [3.05, 3.63) is 131 Å². The minimum absolute atomic E-state index is 0.0254. The molecular weight excluding hydrogens is 446 g/mol. The molecule has 0 saturated heterocycles. The Kier molecular flexibility index (Phi) is 5.59. The van der Waals surface area contributed by atoms with E-state index >= 15 is 0 Å². The number of amides is 1. The number of carbonyl (C=O) groups excluding carboxylic acids is 2. The summed E-state index contributed by atoms with van der Waals surface area (Å²) in [4.78, 5) is 28.1. The van der Waals surface area contributed by atoms with E-state index in [9.17, 15) is 18.0 Å². The van der Waals surface area contributed by atoms with Gasteiger partial charge in [0.15, 0.2) is 5.78 Å². The first-order valence-corrected chi connectivity index (χ1v) is 12.3. The Labute approximate surface area is 198 Å². The highest BCUT2D eigenvalue weighted by molar-refractivity contribution is 7.91. The molecule has 34 heavy (non-hydrogen) atoms. The lowest BCUT2D eigenvalue weighted by Crippen LogP contribution is -2.30. The van der Waals surface area contributed by atoms with Crippen LogP contribution in [0.3, 0.4) is 0 Å². The molecule has 0 unspecified atom stereocenters. The average molecular weight is 468 g/mol. The minimum atomic E-state index is -3.93. The van der Waals surface area contributed by atoms with E-state index in [1.54, 1.807) is 17.0 Å². The summed E-state index contributed by atoms with van der Waals surface area (Å²) < 4.78 is 26.6. The Bertz CT molecular complexity index is 1450. The van der Waals surface area contributed by atoms with Gasteiger partial charge < -0.3 is 4.90 Å². The van der Waals surface area contributed by atoms with Crippen molar-refractivity contribution in [3.8, 4) is 0 Å². The maximum Gasteiger partial charge on any atom is 0.254 e. The third-order valence-corrected chi connectivity index (χ3v) is 7.76. The number of benzene rings is 4. The zero-order valence-electron chi connectivity index (χ0n) is 18.2. The summed E-state index contributed by atoms with van der Waals surface area (Å²) in [6.07, 6.45) is 0. The van der Waals surface area contributed by atoms with Crippen LogP contribution in [0.1, 0.15) is 37.4 Å². The van der Waals surface area contributed by atoms with Crippen molar-refractivity contribution in [1.29, 1.82) is 0 Å². The van der Waals surface area contributed by atoms with Crippen LogP contribution in [-0.2, 0) is 22.9 Å². The summed E-state index contributed by atoms with van der Waals surface area (Å²) in [6.45, 7) is 0.723. The maximum atomic E-state index is 13.6. The number of fused-ring (bicyclic) bond motifs is 2. The van der Waals surface area contributed by atoms with Crippen molar-refractivity contribution in [2.45, 2.75) is 22.9 Å². The molecule has 5 rings (SSSR count). The van der Waals surface area contributed by atoms with Crippen LogP contribution < -0.4 is 0 Å². The molecule has 0 aliphatic carbocycles. The van der Waals surface area contributed by atoms with Crippen molar-refractivity contribution in [2.75, 3.05) is 0 Å². The number of sulfone groups is 1. The Morgan fingerprint density at radius 1 is 0.647 bits per heavy atom. The Morgan fingerprint density at radius 3 is 1.79 bits per heavy atom. The molecule has 0 saturated carbocycles. The molecular formula is C28H21NO4S. The van der Waals surface area contributed by atoms with Gasteiger partial charge in [0.2, 0.25) is 9.84 Å². The fourth-order valence-corrected chi connectivity index (χ4v) is 5.88. The van der Waals surface area contributed by atoms with Crippen LogP contribution in [-0.4, -0.2) is 25.0 Å². The summed E-state index contributed by atoms with van der Waals surface area (Å²) in [5.41, 5.74) is 2.39. The number of rotatable bonds is 5. The molecule has 4 aromatic rings. The molecule has 168 valence electrons. The highest BCUT2D eigenvalue weighted by atomic mass is 32.2. The largest absolute Gasteiger partial charge is 0.330 e. The smallest absolute Gasteiger partial charge is 0.254 e. The lowest BCUT2D eigenvalue weighted by Gasteiger charge is -2.24. The Morgan fingerprint density at radius 2 is 1.18 bits per heavy atom. The van der Waals surface area contributed by atoms with Crippen LogP contribution >= 0.6 is 0 Å². The summed E-state index contributed by atoms with van der Waals surface area (Å²) >= 11 is 0. The van der Waals surface area contributed by atoms with E-state index in [2.05, 4.69) is 0 Å². The second-order valence-corrected chi connectivity index (χ2v) is 10.1. The van der Waals surface area contributed by atoms with Crippen molar-refractivity contribution >= 4 is 21.5 Å². The van der Waals surface area contributed by atoms with E-state index in [-0.39, 0.29) is 38.2 Å². The molecule has 1 aliphatic heterocycles. The standard InChI is InChI=1S/C28H21NO4S/c30-27-23-13-7-8-14-25(23)34(32,33)26-17-22(15-16-24(26)27)28(31)29(18-20-9-3-1-4-10-20)19-21-11-5-2-6-12-21/h1-17H,18-19H2. The van der Waals surface area contributed by atoms with Gasteiger partial charge in [-0.05, 0) is 41.5 Å². The predicted octanol–water partition coefficient (Wildman–Crippen LogP) is 4.91. The van der Waals surface area contributed by atoms with Gasteiger partial charge in [0.05, 0.1) is 9.79 Å². The number of nitrogens with zero attached hydrogens (tertiary/aromatic N) is 1. The molecule has 4 aromatic carbocycles. The second-order valence-electron chi connectivity index (χ2n) is 8.17. The third-order valence-electron chi connectivity index (χ3n) is 5.90. The number of hydrogen-bond donors (Lipinski definition) is 0. The zero-order valence-corrected chi connectivity index (χ0v) is 19.0. The van der Waals surface area contributed by atoms with Gasteiger partial charge in [-0.25, -0.2) is 8.42 Å². The molecule has 5 nitrogen and oxygen atoms in total. The molecule has 0 spiro atoms. The average Bonchev–Trinajstić information content (AvgIpc) is 2.88. The molecule has 0 atom stereocenters. The van der Waals surface area contributed by atoms with E-state index in [0.29, 0.717) is 13.1 Å². The highest BCUT2D eigenvalue weighted by Gasteiger charge is 2.35. The van der Waals surface area contributed by atoms with Crippen LogP contribution in [0, 0.1) is 0 Å². The van der Waals surface area contributed by atoms with Gasteiger partial charge in [-0.2, -0.15) is 0 Å². The van der Waals surface area contributed by atoms with Crippen molar-refractivity contribution < 1.29 is 18.0 Å². The molecule has 6 heteroatoms. The summed E-state index contributed by atoms with van der Waals surface area (Å²) in [5, 5.41) is 0. The monoisotopic (exact) mass is 467 g/mol. The maximum absolute atomic E-state index is 13.6. The first-order chi connectivity index (χ1) is 16.4. The molecule has 1 heterocycles.